The smallest absolute Gasteiger partial charge is 0.244 e. The number of unbranched alkanes of at least 4 members (excludes halogenated alkanes) is 24. The predicted molar refractivity (Wildman–Crippen MR) is 427 cm³/mol. The monoisotopic (exact) mass is 1550 g/mol. The first-order valence-electron chi connectivity index (χ1n) is 40.3. The number of amides is 10. The Morgan fingerprint density at radius 1 is 0.264 bits per heavy atom. The van der Waals surface area contributed by atoms with E-state index in [9.17, 15) is 58.2 Å². The molecular weight excluding hydrogens is 1400 g/mol. The molecule has 10 atom stereocenters. The van der Waals surface area contributed by atoms with Crippen LogP contribution in [-0.4, -0.2) is 218 Å². The molecule has 0 aliphatic carbocycles. The molecule has 0 rings (SSSR count). The number of rotatable bonds is 73. The van der Waals surface area contributed by atoms with Gasteiger partial charge in [0.05, 0.1) is 37.4 Å². The summed E-state index contributed by atoms with van der Waals surface area (Å²) < 4.78 is 0. The van der Waals surface area contributed by atoms with Gasteiger partial charge in [0.15, 0.2) is 0 Å². The summed E-state index contributed by atoms with van der Waals surface area (Å²) in [5.41, 5.74) is 47.6. The zero-order valence-corrected chi connectivity index (χ0v) is 66.6. The topological polar surface area (TPSA) is 540 Å². The predicted octanol–water partition coefficient (Wildman–Crippen LogP) is 1.82. The Morgan fingerprint density at radius 3 is 0.745 bits per heavy atom. The van der Waals surface area contributed by atoms with E-state index in [1.165, 1.54) is 87.7 Å². The van der Waals surface area contributed by atoms with Crippen molar-refractivity contribution < 1.29 is 58.2 Å². The van der Waals surface area contributed by atoms with Gasteiger partial charge >= 0.3 is 0 Å². The third-order valence-electron chi connectivity index (χ3n) is 18.4. The summed E-state index contributed by atoms with van der Waals surface area (Å²) in [7, 11) is 0. The van der Waals surface area contributed by atoms with Crippen molar-refractivity contribution in [3.8, 4) is 0 Å². The van der Waals surface area contributed by atoms with E-state index >= 15 is 0 Å². The molecule has 0 aromatic carbocycles. The summed E-state index contributed by atoms with van der Waals surface area (Å²) in [6.07, 6.45) is 31.0. The maximum absolute atomic E-state index is 14.1. The van der Waals surface area contributed by atoms with Gasteiger partial charge in [-0.15, -0.1) is 0 Å². The Labute approximate surface area is 643 Å². The molecule has 0 saturated carbocycles. The Bertz CT molecular complexity index is 2180. The number of aliphatic hydroxyl groups excluding tert-OH is 2. The lowest BCUT2D eigenvalue weighted by molar-refractivity contribution is -0.132. The van der Waals surface area contributed by atoms with Gasteiger partial charge in [0.2, 0.25) is 59.1 Å². The van der Waals surface area contributed by atoms with Gasteiger partial charge in [0.25, 0.3) is 0 Å². The largest absolute Gasteiger partial charge is 0.394 e. The second-order valence-electron chi connectivity index (χ2n) is 28.0. The lowest BCUT2D eigenvalue weighted by atomic mass is 10.1. The van der Waals surface area contributed by atoms with Crippen LogP contribution in [0.2, 0.25) is 0 Å². The molecule has 10 amide bonds. The first-order valence-corrected chi connectivity index (χ1v) is 42.6. The number of carbonyl (C=O) groups is 10. The van der Waals surface area contributed by atoms with Crippen LogP contribution in [0.1, 0.15) is 258 Å². The average molecular weight is 1550 g/mol. The average Bonchev–Trinajstić information content (AvgIpc) is 0.890. The van der Waals surface area contributed by atoms with E-state index in [1.807, 2.05) is 0 Å². The number of thioether (sulfide) groups is 2. The third-order valence-corrected chi connectivity index (χ3v) is 20.8. The minimum absolute atomic E-state index is 0.0148. The number of aliphatic hydroxyl groups is 2. The molecule has 106 heavy (non-hydrogen) atoms. The van der Waals surface area contributed by atoms with Gasteiger partial charge < -0.3 is 109 Å². The number of nitrogens with two attached hydrogens (primary N) is 8. The highest BCUT2D eigenvalue weighted by Crippen LogP contribution is 2.16. The lowest BCUT2D eigenvalue weighted by Crippen LogP contribution is -2.57. The summed E-state index contributed by atoms with van der Waals surface area (Å²) >= 11 is 2.53. The fourth-order valence-corrected chi connectivity index (χ4v) is 13.8. The number of nitrogens with one attached hydrogen (secondary N) is 10. The van der Waals surface area contributed by atoms with Crippen molar-refractivity contribution in [1.29, 1.82) is 0 Å². The molecule has 28 N–H and O–H groups in total. The van der Waals surface area contributed by atoms with E-state index in [-0.39, 0.29) is 49.3 Å². The van der Waals surface area contributed by atoms with Gasteiger partial charge in [-0.2, -0.15) is 23.5 Å². The molecule has 32 heteroatoms. The number of hydrogen-bond donors (Lipinski definition) is 20. The van der Waals surface area contributed by atoms with Crippen LogP contribution in [0.4, 0.5) is 0 Å². The molecule has 30 nitrogen and oxygen atoms in total. The van der Waals surface area contributed by atoms with E-state index in [1.54, 1.807) is 0 Å². The van der Waals surface area contributed by atoms with Crippen molar-refractivity contribution >= 4 is 82.6 Å². The molecule has 0 aliphatic rings. The SMILES string of the molecule is CCCCCCCCCCCCNC(=O)[C@H](CO)NC(=O)[C@H](CSCCSC[C@H](NC(=O)[C@@H](N)CCCCNC(=O)[C@H](CCCCN)NC(=O)[C@@H](N)CCCCN)C(=O)N[C@@H](CO)C(=O)NCCCCCCCCCCCC)NC(=O)[C@@H](N)CCCCNC(=O)[C@H](CCCCN)NC(=O)[C@@H](N)CCCCN. The lowest BCUT2D eigenvalue weighted by Gasteiger charge is -2.24. The van der Waals surface area contributed by atoms with Crippen LogP contribution >= 0.6 is 23.5 Å². The van der Waals surface area contributed by atoms with Crippen molar-refractivity contribution in [2.75, 3.05) is 88.6 Å². The van der Waals surface area contributed by atoms with Crippen molar-refractivity contribution in [1.82, 2.24) is 53.2 Å². The van der Waals surface area contributed by atoms with E-state index in [2.05, 4.69) is 67.0 Å². The summed E-state index contributed by atoms with van der Waals surface area (Å²) in [6.45, 7) is 5.89. The molecule has 0 radical (unpaired) electrons. The minimum atomic E-state index is -1.33. The van der Waals surface area contributed by atoms with E-state index < -0.39 is 121 Å². The number of hydrogen-bond acceptors (Lipinski definition) is 22. The zero-order chi connectivity index (χ0) is 78.8. The second-order valence-corrected chi connectivity index (χ2v) is 30.3. The maximum atomic E-state index is 14.1. The van der Waals surface area contributed by atoms with Gasteiger partial charge in [-0.05, 0) is 142 Å². The van der Waals surface area contributed by atoms with E-state index in [0.29, 0.717) is 141 Å². The van der Waals surface area contributed by atoms with Crippen LogP contribution in [0.25, 0.3) is 0 Å². The summed E-state index contributed by atoms with van der Waals surface area (Å²) in [5, 5.41) is 48.3. The maximum Gasteiger partial charge on any atom is 0.244 e. The van der Waals surface area contributed by atoms with Crippen LogP contribution in [0.3, 0.4) is 0 Å². The Balaban J connectivity index is 6.29. The standard InChI is InChI=1S/C74H148N18O12S2/c1-3-5-7-9-11-13-15-17-19-31-45-85-71(101)61(51-93)89-73(103)63(91-67(97)57(81)37-25-33-47-83-69(99)59(39-23-29-43-77)87-65(95)55(79)35-21-27-41-75)53-105-49-50-106-54-64(74(104)90-62(52-94)72(102)86-46-32-20-18-16-14-12-10-8-6-4-2)92-68(98)58(82)38-26-34-48-84-70(100)60(40-24-30-44-78)88-66(96)56(80)36-22-28-42-76/h55-64,93-94H,3-54,75-82H2,1-2H3,(H,83,99)(H,84,100)(H,85,101)(H,86,102)(H,87,95)(H,88,96)(H,89,103)(H,90,104)(H,91,97)(H,92,98)/t55-,56-,57-,58-,59-,60-,61-,62-,63-,64-/m0/s1. The first-order chi connectivity index (χ1) is 51.2. The summed E-state index contributed by atoms with van der Waals surface area (Å²) in [6, 6.07) is -10.6. The third kappa shape index (κ3) is 53.0. The second kappa shape index (κ2) is 69.2. The molecule has 0 aliphatic heterocycles. The van der Waals surface area contributed by atoms with Gasteiger partial charge in [0, 0.05) is 49.2 Å². The molecule has 0 aromatic rings. The molecule has 0 aromatic heterocycles. The molecular formula is C74H148N18O12S2. The molecule has 618 valence electrons. The van der Waals surface area contributed by atoms with Crippen LogP contribution in [0.5, 0.6) is 0 Å². The summed E-state index contributed by atoms with van der Waals surface area (Å²) in [4.78, 5) is 135. The molecule has 0 bridgehead atoms. The van der Waals surface area contributed by atoms with E-state index in [0.717, 1.165) is 77.0 Å². The van der Waals surface area contributed by atoms with Crippen molar-refractivity contribution in [2.45, 2.75) is 318 Å². The normalized spacial score (nSPS) is 14.2. The highest BCUT2D eigenvalue weighted by Gasteiger charge is 2.31. The highest BCUT2D eigenvalue weighted by atomic mass is 32.2. The number of carbonyl (C=O) groups excluding carboxylic acids is 10. The molecule has 0 heterocycles. The zero-order valence-electron chi connectivity index (χ0n) is 65.0. The minimum Gasteiger partial charge on any atom is -0.394 e. The Kier molecular flexibility index (Phi) is 65.9. The molecule has 0 unspecified atom stereocenters. The van der Waals surface area contributed by atoms with Gasteiger partial charge in [-0.1, -0.05) is 142 Å². The van der Waals surface area contributed by atoms with E-state index in [4.69, 9.17) is 45.9 Å². The van der Waals surface area contributed by atoms with Crippen LogP contribution in [-0.2, 0) is 47.9 Å². The van der Waals surface area contributed by atoms with Crippen molar-refractivity contribution in [3.05, 3.63) is 0 Å². The van der Waals surface area contributed by atoms with Gasteiger partial charge in [0.1, 0.15) is 36.3 Å². The van der Waals surface area contributed by atoms with Crippen molar-refractivity contribution in [2.24, 2.45) is 45.9 Å². The molecule has 0 spiro atoms. The Hall–Kier alpha value is -5.00. The Morgan fingerprint density at radius 2 is 0.481 bits per heavy atom. The van der Waals surface area contributed by atoms with Crippen molar-refractivity contribution in [3.63, 3.8) is 0 Å². The summed E-state index contributed by atoms with van der Waals surface area (Å²) in [5.74, 6) is -4.96. The molecule has 0 fully saturated rings. The highest BCUT2D eigenvalue weighted by molar-refractivity contribution is 8.03. The van der Waals surface area contributed by atoms with Crippen LogP contribution in [0.15, 0.2) is 0 Å². The fraction of sp³-hybridized carbons (Fsp3) is 0.865. The van der Waals surface area contributed by atoms with Gasteiger partial charge in [-0.3, -0.25) is 47.9 Å². The first kappa shape index (κ1) is 101. The van der Waals surface area contributed by atoms with Crippen LogP contribution < -0.4 is 99.0 Å². The van der Waals surface area contributed by atoms with Crippen LogP contribution in [0, 0.1) is 0 Å². The quantitative estimate of drug-likeness (QED) is 0.0386. The fourth-order valence-electron chi connectivity index (χ4n) is 11.5. The van der Waals surface area contributed by atoms with Gasteiger partial charge in [-0.25, -0.2) is 0 Å². The molecule has 0 saturated heterocycles.